The zero-order valence-electron chi connectivity index (χ0n) is 12.4. The number of nitrogens with zero attached hydrogens (tertiary/aromatic N) is 1. The van der Waals surface area contributed by atoms with Gasteiger partial charge in [-0.25, -0.2) is 8.42 Å². The van der Waals surface area contributed by atoms with Gasteiger partial charge >= 0.3 is 6.18 Å². The number of halogens is 3. The highest BCUT2D eigenvalue weighted by atomic mass is 32.2. The van der Waals surface area contributed by atoms with Crippen LogP contribution in [0.25, 0.3) is 0 Å². The van der Waals surface area contributed by atoms with Crippen molar-refractivity contribution in [3.8, 4) is 0 Å². The molecule has 1 aromatic heterocycles. The molecule has 0 radical (unpaired) electrons. The molecule has 10 heteroatoms. The molecule has 2 heterocycles. The number of amides is 1. The van der Waals surface area contributed by atoms with Crippen LogP contribution in [0.5, 0.6) is 0 Å². The third kappa shape index (κ3) is 4.67. The SMILES string of the molecule is Cc1ccc(S(=O)(=O)N2CCC[C@H](C(=O)NCC(F)(F)F)C2)s1. The number of alkyl halides is 3. The summed E-state index contributed by atoms with van der Waals surface area (Å²) in [6, 6.07) is 3.19. The maximum Gasteiger partial charge on any atom is 0.405 e. The Kier molecular flexibility index (Phi) is 5.37. The summed E-state index contributed by atoms with van der Waals surface area (Å²) in [5.41, 5.74) is 0. The fraction of sp³-hybridized carbons (Fsp3) is 0.615. The number of sulfonamides is 1. The van der Waals surface area contributed by atoms with E-state index in [1.807, 2.05) is 5.32 Å². The monoisotopic (exact) mass is 370 g/mol. The molecule has 0 aromatic carbocycles. The zero-order valence-corrected chi connectivity index (χ0v) is 14.0. The summed E-state index contributed by atoms with van der Waals surface area (Å²) in [6.45, 7) is 0.553. The van der Waals surface area contributed by atoms with Crippen molar-refractivity contribution in [2.24, 2.45) is 5.92 Å². The predicted octanol–water partition coefficient (Wildman–Crippen LogP) is 2.14. The molecule has 1 fully saturated rings. The van der Waals surface area contributed by atoms with Crippen LogP contribution in [0.15, 0.2) is 16.3 Å². The molecule has 1 aliphatic heterocycles. The first kappa shape index (κ1) is 18.2. The minimum atomic E-state index is -4.48. The Morgan fingerprint density at radius 2 is 2.13 bits per heavy atom. The Hall–Kier alpha value is -1.13. The van der Waals surface area contributed by atoms with E-state index in [9.17, 15) is 26.4 Å². The van der Waals surface area contributed by atoms with Gasteiger partial charge in [0.1, 0.15) is 10.8 Å². The average molecular weight is 370 g/mol. The smallest absolute Gasteiger partial charge is 0.347 e. The molecule has 0 spiro atoms. The Labute approximate surface area is 136 Å². The number of carbonyl (C=O) groups excluding carboxylic acids is 1. The van der Waals surface area contributed by atoms with E-state index in [2.05, 4.69) is 0 Å². The van der Waals surface area contributed by atoms with E-state index in [4.69, 9.17) is 0 Å². The highest BCUT2D eigenvalue weighted by Gasteiger charge is 2.35. The normalized spacial score (nSPS) is 20.4. The highest BCUT2D eigenvalue weighted by molar-refractivity contribution is 7.91. The molecule has 0 aliphatic carbocycles. The van der Waals surface area contributed by atoms with E-state index < -0.39 is 34.6 Å². The third-order valence-electron chi connectivity index (χ3n) is 3.53. The van der Waals surface area contributed by atoms with E-state index in [0.29, 0.717) is 12.8 Å². The van der Waals surface area contributed by atoms with Gasteiger partial charge in [0, 0.05) is 18.0 Å². The van der Waals surface area contributed by atoms with Crippen LogP contribution in [-0.2, 0) is 14.8 Å². The van der Waals surface area contributed by atoms with E-state index in [1.165, 1.54) is 10.4 Å². The molecule has 1 saturated heterocycles. The van der Waals surface area contributed by atoms with Crippen LogP contribution in [-0.4, -0.2) is 44.4 Å². The van der Waals surface area contributed by atoms with Crippen molar-refractivity contribution in [1.29, 1.82) is 0 Å². The largest absolute Gasteiger partial charge is 0.405 e. The van der Waals surface area contributed by atoms with Gasteiger partial charge in [-0.05, 0) is 31.9 Å². The van der Waals surface area contributed by atoms with Gasteiger partial charge in [0.15, 0.2) is 0 Å². The second kappa shape index (κ2) is 6.78. The zero-order chi connectivity index (χ0) is 17.3. The van der Waals surface area contributed by atoms with Gasteiger partial charge in [-0.3, -0.25) is 4.79 Å². The number of thiophene rings is 1. The molecule has 0 unspecified atom stereocenters. The van der Waals surface area contributed by atoms with Crippen LogP contribution >= 0.6 is 11.3 Å². The van der Waals surface area contributed by atoms with E-state index in [1.54, 1.807) is 13.0 Å². The Morgan fingerprint density at radius 1 is 1.43 bits per heavy atom. The molecule has 130 valence electrons. The van der Waals surface area contributed by atoms with Gasteiger partial charge in [0.2, 0.25) is 5.91 Å². The van der Waals surface area contributed by atoms with Crippen LogP contribution in [0.3, 0.4) is 0 Å². The van der Waals surface area contributed by atoms with Crippen molar-refractivity contribution < 1.29 is 26.4 Å². The van der Waals surface area contributed by atoms with Crippen LogP contribution in [0.4, 0.5) is 13.2 Å². The number of piperidine rings is 1. The minimum Gasteiger partial charge on any atom is -0.347 e. The molecule has 0 saturated carbocycles. The molecule has 5 nitrogen and oxygen atoms in total. The van der Waals surface area contributed by atoms with Crippen LogP contribution in [0.2, 0.25) is 0 Å². The summed E-state index contributed by atoms with van der Waals surface area (Å²) in [6.07, 6.45) is -3.67. The van der Waals surface area contributed by atoms with Gasteiger partial charge in [-0.1, -0.05) is 0 Å². The lowest BCUT2D eigenvalue weighted by molar-refractivity contribution is -0.141. The first-order valence-electron chi connectivity index (χ1n) is 7.00. The molecule has 1 atom stereocenters. The first-order valence-corrected chi connectivity index (χ1v) is 9.26. The Balaban J connectivity index is 2.04. The summed E-state index contributed by atoms with van der Waals surface area (Å²) < 4.78 is 62.8. The quantitative estimate of drug-likeness (QED) is 0.883. The Bertz CT molecular complexity index is 670. The lowest BCUT2D eigenvalue weighted by Crippen LogP contribution is -2.46. The van der Waals surface area contributed by atoms with Crippen molar-refractivity contribution in [1.82, 2.24) is 9.62 Å². The molecule has 1 aromatic rings. The molecule has 2 rings (SSSR count). The van der Waals surface area contributed by atoms with Gasteiger partial charge in [-0.2, -0.15) is 17.5 Å². The number of hydrogen-bond acceptors (Lipinski definition) is 4. The number of aryl methyl sites for hydroxylation is 1. The summed E-state index contributed by atoms with van der Waals surface area (Å²) in [5.74, 6) is -1.52. The van der Waals surface area contributed by atoms with Gasteiger partial charge in [0.05, 0.1) is 5.92 Å². The summed E-state index contributed by atoms with van der Waals surface area (Å²) in [5, 5.41) is 1.83. The Morgan fingerprint density at radius 3 is 2.70 bits per heavy atom. The standard InChI is InChI=1S/C13H17F3N2O3S2/c1-9-4-5-11(22-9)23(20,21)18-6-2-3-10(7-18)12(19)17-8-13(14,15)16/h4-5,10H,2-3,6-8H2,1H3,(H,17,19)/t10-/m0/s1. The fourth-order valence-corrected chi connectivity index (χ4v) is 5.35. The van der Waals surface area contributed by atoms with E-state index in [0.717, 1.165) is 16.2 Å². The topological polar surface area (TPSA) is 66.5 Å². The number of hydrogen-bond donors (Lipinski definition) is 1. The molecule has 1 amide bonds. The number of nitrogens with one attached hydrogen (secondary N) is 1. The van der Waals surface area contributed by atoms with Crippen molar-refractivity contribution >= 4 is 27.3 Å². The van der Waals surface area contributed by atoms with Gasteiger partial charge < -0.3 is 5.32 Å². The van der Waals surface area contributed by atoms with Gasteiger partial charge in [0.25, 0.3) is 10.0 Å². The van der Waals surface area contributed by atoms with Crippen molar-refractivity contribution in [3.05, 3.63) is 17.0 Å². The third-order valence-corrected chi connectivity index (χ3v) is 6.86. The molecule has 0 bridgehead atoms. The molecule has 23 heavy (non-hydrogen) atoms. The maximum atomic E-state index is 12.5. The molecular weight excluding hydrogens is 353 g/mol. The van der Waals surface area contributed by atoms with Crippen LogP contribution in [0, 0.1) is 12.8 Å². The lowest BCUT2D eigenvalue weighted by Gasteiger charge is -2.30. The highest BCUT2D eigenvalue weighted by Crippen LogP contribution is 2.28. The second-order valence-corrected chi connectivity index (χ2v) is 8.85. The molecule has 1 aliphatic rings. The summed E-state index contributed by atoms with van der Waals surface area (Å²) >= 11 is 1.13. The predicted molar refractivity (Wildman–Crippen MR) is 79.6 cm³/mol. The van der Waals surface area contributed by atoms with E-state index >= 15 is 0 Å². The average Bonchev–Trinajstić information content (AvgIpc) is 2.91. The number of rotatable bonds is 4. The minimum absolute atomic E-state index is 0.0943. The first-order chi connectivity index (χ1) is 10.6. The van der Waals surface area contributed by atoms with Gasteiger partial charge in [-0.15, -0.1) is 11.3 Å². The second-order valence-electron chi connectivity index (χ2n) is 5.40. The molecule has 1 N–H and O–H groups in total. The summed E-state index contributed by atoms with van der Waals surface area (Å²) in [7, 11) is -3.70. The van der Waals surface area contributed by atoms with Crippen molar-refractivity contribution in [2.75, 3.05) is 19.6 Å². The number of carbonyl (C=O) groups is 1. The van der Waals surface area contributed by atoms with Crippen molar-refractivity contribution in [2.45, 2.75) is 30.2 Å². The van der Waals surface area contributed by atoms with Crippen LogP contribution in [0.1, 0.15) is 17.7 Å². The summed E-state index contributed by atoms with van der Waals surface area (Å²) in [4.78, 5) is 12.7. The fourth-order valence-electron chi connectivity index (χ4n) is 2.38. The lowest BCUT2D eigenvalue weighted by atomic mass is 9.99. The molecular formula is C13H17F3N2O3S2. The van der Waals surface area contributed by atoms with Crippen LogP contribution < -0.4 is 5.32 Å². The van der Waals surface area contributed by atoms with Crippen molar-refractivity contribution in [3.63, 3.8) is 0 Å². The van der Waals surface area contributed by atoms with E-state index in [-0.39, 0.29) is 17.3 Å². The maximum absolute atomic E-state index is 12.5.